The van der Waals surface area contributed by atoms with Crippen LogP contribution in [0.25, 0.3) is 0 Å². The van der Waals surface area contributed by atoms with Gasteiger partial charge in [-0.15, -0.1) is 0 Å². The lowest BCUT2D eigenvalue weighted by atomic mass is 10.1. The third-order valence-corrected chi connectivity index (χ3v) is 6.53. The van der Waals surface area contributed by atoms with Gasteiger partial charge >= 0.3 is 0 Å². The van der Waals surface area contributed by atoms with Crippen LogP contribution in [-0.4, -0.2) is 57.6 Å². The summed E-state index contributed by atoms with van der Waals surface area (Å²) >= 11 is 0. The molecule has 0 heterocycles. The predicted octanol–water partition coefficient (Wildman–Crippen LogP) is 3.10. The second kappa shape index (κ2) is 12.4. The Morgan fingerprint density at radius 1 is 1.09 bits per heavy atom. The van der Waals surface area contributed by atoms with Gasteiger partial charge in [0.25, 0.3) is 0 Å². The highest BCUT2D eigenvalue weighted by Crippen LogP contribution is 2.24. The number of amides is 2. The van der Waals surface area contributed by atoms with Gasteiger partial charge in [-0.2, -0.15) is 0 Å². The van der Waals surface area contributed by atoms with Crippen LogP contribution in [-0.2, 0) is 26.2 Å². The van der Waals surface area contributed by atoms with Crippen molar-refractivity contribution in [3.63, 3.8) is 0 Å². The van der Waals surface area contributed by atoms with Gasteiger partial charge in [0.05, 0.1) is 19.1 Å². The van der Waals surface area contributed by atoms with Crippen LogP contribution in [0.2, 0.25) is 0 Å². The third kappa shape index (κ3) is 7.48. The molecule has 2 amide bonds. The minimum absolute atomic E-state index is 0.189. The SMILES string of the molecule is CCCNC(=O)[C@@H](CC)N(Cc1cccc(C)c1)C(=O)CN(c1cccc(OC)c1)S(C)(=O)=O. The Balaban J connectivity index is 2.43. The van der Waals surface area contributed by atoms with Gasteiger partial charge in [-0.05, 0) is 37.5 Å². The molecule has 0 saturated carbocycles. The fourth-order valence-electron chi connectivity index (χ4n) is 3.67. The maximum Gasteiger partial charge on any atom is 0.244 e. The van der Waals surface area contributed by atoms with Crippen LogP contribution in [0.4, 0.5) is 5.69 Å². The lowest BCUT2D eigenvalue weighted by molar-refractivity contribution is -0.140. The van der Waals surface area contributed by atoms with Crippen molar-refractivity contribution in [1.82, 2.24) is 10.2 Å². The van der Waals surface area contributed by atoms with Crippen LogP contribution in [0, 0.1) is 6.92 Å². The van der Waals surface area contributed by atoms with Gasteiger partial charge in [-0.3, -0.25) is 13.9 Å². The van der Waals surface area contributed by atoms with Crippen molar-refractivity contribution < 1.29 is 22.7 Å². The number of ether oxygens (including phenoxy) is 1. The molecule has 0 aliphatic rings. The van der Waals surface area contributed by atoms with E-state index >= 15 is 0 Å². The molecule has 0 bridgehead atoms. The van der Waals surface area contributed by atoms with E-state index in [4.69, 9.17) is 4.74 Å². The van der Waals surface area contributed by atoms with E-state index in [1.54, 1.807) is 24.3 Å². The van der Waals surface area contributed by atoms with Crippen molar-refractivity contribution in [1.29, 1.82) is 0 Å². The number of nitrogens with zero attached hydrogens (tertiary/aromatic N) is 2. The second-order valence-electron chi connectivity index (χ2n) is 8.20. The van der Waals surface area contributed by atoms with Gasteiger partial charge in [0.15, 0.2) is 0 Å². The molecule has 2 rings (SSSR count). The monoisotopic (exact) mass is 489 g/mol. The average molecular weight is 490 g/mol. The topological polar surface area (TPSA) is 96.0 Å². The summed E-state index contributed by atoms with van der Waals surface area (Å²) in [6, 6.07) is 13.5. The van der Waals surface area contributed by atoms with E-state index < -0.39 is 28.5 Å². The molecule has 2 aromatic rings. The molecule has 34 heavy (non-hydrogen) atoms. The number of aryl methyl sites for hydroxylation is 1. The van der Waals surface area contributed by atoms with Crippen LogP contribution in [0.15, 0.2) is 48.5 Å². The van der Waals surface area contributed by atoms with E-state index in [0.29, 0.717) is 24.4 Å². The fourth-order valence-corrected chi connectivity index (χ4v) is 4.51. The largest absolute Gasteiger partial charge is 0.497 e. The lowest BCUT2D eigenvalue weighted by Crippen LogP contribution is -2.52. The van der Waals surface area contributed by atoms with Crippen LogP contribution in [0.5, 0.6) is 5.75 Å². The molecule has 0 aliphatic carbocycles. The zero-order chi connectivity index (χ0) is 25.3. The second-order valence-corrected chi connectivity index (χ2v) is 10.1. The first-order valence-corrected chi connectivity index (χ1v) is 13.2. The first kappa shape index (κ1) is 27.2. The van der Waals surface area contributed by atoms with E-state index in [0.717, 1.165) is 28.1 Å². The van der Waals surface area contributed by atoms with Gasteiger partial charge in [0.2, 0.25) is 21.8 Å². The number of anilines is 1. The molecule has 1 N–H and O–H groups in total. The highest BCUT2D eigenvalue weighted by molar-refractivity contribution is 7.92. The Morgan fingerprint density at radius 3 is 2.38 bits per heavy atom. The summed E-state index contributed by atoms with van der Waals surface area (Å²) in [6.45, 7) is 6.00. The minimum atomic E-state index is -3.79. The molecule has 0 aliphatic heterocycles. The molecule has 9 heteroatoms. The van der Waals surface area contributed by atoms with E-state index in [9.17, 15) is 18.0 Å². The lowest BCUT2D eigenvalue weighted by Gasteiger charge is -2.33. The molecule has 0 fully saturated rings. The third-order valence-electron chi connectivity index (χ3n) is 5.39. The highest BCUT2D eigenvalue weighted by Gasteiger charge is 2.31. The number of carbonyl (C=O) groups is 2. The van der Waals surface area contributed by atoms with Crippen LogP contribution < -0.4 is 14.4 Å². The van der Waals surface area contributed by atoms with Crippen LogP contribution in [0.3, 0.4) is 0 Å². The molecule has 0 unspecified atom stereocenters. The van der Waals surface area contributed by atoms with E-state index in [1.807, 2.05) is 45.0 Å². The summed E-state index contributed by atoms with van der Waals surface area (Å²) in [4.78, 5) is 28.0. The van der Waals surface area contributed by atoms with E-state index in [-0.39, 0.29) is 12.5 Å². The Bertz CT molecular complexity index is 1090. The smallest absolute Gasteiger partial charge is 0.244 e. The number of rotatable bonds is 12. The maximum atomic E-state index is 13.6. The van der Waals surface area contributed by atoms with Crippen molar-refractivity contribution >= 4 is 27.5 Å². The Morgan fingerprint density at radius 2 is 1.79 bits per heavy atom. The molecule has 8 nitrogen and oxygen atoms in total. The molecule has 1 atom stereocenters. The number of nitrogens with one attached hydrogen (secondary N) is 1. The van der Waals surface area contributed by atoms with E-state index in [2.05, 4.69) is 5.32 Å². The van der Waals surface area contributed by atoms with Gasteiger partial charge in [0.1, 0.15) is 18.3 Å². The van der Waals surface area contributed by atoms with Crippen molar-refractivity contribution in [2.24, 2.45) is 0 Å². The predicted molar refractivity (Wildman–Crippen MR) is 134 cm³/mol. The number of hydrogen-bond donors (Lipinski definition) is 1. The van der Waals surface area contributed by atoms with Gasteiger partial charge in [-0.1, -0.05) is 49.7 Å². The Kier molecular flexibility index (Phi) is 9.92. The quantitative estimate of drug-likeness (QED) is 0.494. The molecule has 0 radical (unpaired) electrons. The Labute approximate surface area is 202 Å². The van der Waals surface area contributed by atoms with Crippen molar-refractivity contribution in [3.8, 4) is 5.75 Å². The number of benzene rings is 2. The van der Waals surface area contributed by atoms with Crippen molar-refractivity contribution in [2.75, 3.05) is 30.8 Å². The molecule has 0 spiro atoms. The van der Waals surface area contributed by atoms with Gasteiger partial charge in [0, 0.05) is 19.2 Å². The number of carbonyl (C=O) groups excluding carboxylic acids is 2. The van der Waals surface area contributed by atoms with Crippen molar-refractivity contribution in [3.05, 3.63) is 59.7 Å². The average Bonchev–Trinajstić information content (AvgIpc) is 2.80. The molecule has 186 valence electrons. The zero-order valence-electron chi connectivity index (χ0n) is 20.6. The summed E-state index contributed by atoms with van der Waals surface area (Å²) in [5, 5.41) is 2.86. The van der Waals surface area contributed by atoms with Crippen molar-refractivity contribution in [2.45, 2.75) is 46.2 Å². The van der Waals surface area contributed by atoms with Gasteiger partial charge < -0.3 is 15.0 Å². The maximum absolute atomic E-state index is 13.6. The summed E-state index contributed by atoms with van der Waals surface area (Å²) in [5.74, 6) is -0.244. The van der Waals surface area contributed by atoms with Crippen LogP contribution >= 0.6 is 0 Å². The normalized spacial score (nSPS) is 12.0. The molecular weight excluding hydrogens is 454 g/mol. The first-order valence-electron chi connectivity index (χ1n) is 11.3. The van der Waals surface area contributed by atoms with Gasteiger partial charge in [-0.25, -0.2) is 8.42 Å². The molecule has 0 aromatic heterocycles. The standard InChI is InChI=1S/C25H35N3O5S/c1-6-14-26-25(30)23(7-2)27(17-20-11-8-10-19(3)15-20)24(29)18-28(34(5,31)32)21-12-9-13-22(16-21)33-4/h8-13,15-16,23H,6-7,14,17-18H2,1-5H3,(H,26,30)/t23-/m1/s1. The molecule has 0 saturated heterocycles. The minimum Gasteiger partial charge on any atom is -0.497 e. The molecule has 2 aromatic carbocycles. The number of methoxy groups -OCH3 is 1. The summed E-state index contributed by atoms with van der Waals surface area (Å²) < 4.78 is 31.5. The summed E-state index contributed by atoms with van der Waals surface area (Å²) in [7, 11) is -2.30. The first-order chi connectivity index (χ1) is 16.1. The number of hydrogen-bond acceptors (Lipinski definition) is 5. The highest BCUT2D eigenvalue weighted by atomic mass is 32.2. The Hall–Kier alpha value is -3.07. The zero-order valence-corrected chi connectivity index (χ0v) is 21.4. The fraction of sp³-hybridized carbons (Fsp3) is 0.440. The van der Waals surface area contributed by atoms with E-state index in [1.165, 1.54) is 12.0 Å². The molecular formula is C25H35N3O5S. The summed E-state index contributed by atoms with van der Waals surface area (Å²) in [6.07, 6.45) is 2.22. The van der Waals surface area contributed by atoms with Crippen LogP contribution in [0.1, 0.15) is 37.8 Å². The summed E-state index contributed by atoms with van der Waals surface area (Å²) in [5.41, 5.74) is 2.21. The number of sulfonamides is 1.